The Morgan fingerprint density at radius 3 is 2.07 bits per heavy atom. The lowest BCUT2D eigenvalue weighted by Crippen LogP contribution is -2.28. The molecule has 0 aromatic carbocycles. The molecule has 0 saturated carbocycles. The average molecular weight is 266 g/mol. The van der Waals surface area contributed by atoms with Crippen LogP contribution in [0.4, 0.5) is 13.2 Å². The van der Waals surface area contributed by atoms with Crippen LogP contribution in [0.25, 0.3) is 0 Å². The highest BCUT2D eigenvalue weighted by Crippen LogP contribution is 2.57. The van der Waals surface area contributed by atoms with E-state index >= 15 is 0 Å². The van der Waals surface area contributed by atoms with E-state index in [-0.39, 0.29) is 0 Å². The highest BCUT2D eigenvalue weighted by Gasteiger charge is 2.51. The summed E-state index contributed by atoms with van der Waals surface area (Å²) in [5, 5.41) is 0. The first-order valence-electron chi connectivity index (χ1n) is 4.51. The van der Waals surface area contributed by atoms with Crippen molar-refractivity contribution in [3.63, 3.8) is 0 Å². The van der Waals surface area contributed by atoms with Crippen molar-refractivity contribution in [1.29, 1.82) is 0 Å². The van der Waals surface area contributed by atoms with Crippen LogP contribution in [0.3, 0.4) is 0 Å². The van der Waals surface area contributed by atoms with Crippen LogP contribution in [0.5, 0.6) is 0 Å². The molecule has 0 unspecified atom stereocenters. The molecular weight excluding hydrogens is 253 g/mol. The van der Waals surface area contributed by atoms with E-state index in [0.717, 1.165) is 12.8 Å². The summed E-state index contributed by atoms with van der Waals surface area (Å²) >= 11 is 0. The van der Waals surface area contributed by atoms with Gasteiger partial charge in [0.05, 0.1) is 0 Å². The number of rotatable bonds is 3. The molecule has 1 rings (SSSR count). The summed E-state index contributed by atoms with van der Waals surface area (Å²) in [5.41, 5.74) is -5.30. The summed E-state index contributed by atoms with van der Waals surface area (Å²) in [4.78, 5) is 0. The summed E-state index contributed by atoms with van der Waals surface area (Å²) in [5.74, 6) is 1.28. The van der Waals surface area contributed by atoms with E-state index in [4.69, 9.17) is 0 Å². The first-order valence-corrected chi connectivity index (χ1v) is 7.98. The van der Waals surface area contributed by atoms with Gasteiger partial charge in [0, 0.05) is 11.5 Å². The van der Waals surface area contributed by atoms with Gasteiger partial charge >= 0.3 is 15.6 Å². The first-order chi connectivity index (χ1) is 6.72. The largest absolute Gasteiger partial charge is 0.523 e. The monoisotopic (exact) mass is 266 g/mol. The zero-order valence-corrected chi connectivity index (χ0v) is 9.84. The van der Waals surface area contributed by atoms with Gasteiger partial charge in [0.2, 0.25) is 0 Å². The van der Waals surface area contributed by atoms with Gasteiger partial charge in [-0.1, -0.05) is 6.92 Å². The van der Waals surface area contributed by atoms with E-state index in [1.807, 2.05) is 0 Å². The Hall–Kier alpha value is 0.0500. The van der Waals surface area contributed by atoms with Crippen molar-refractivity contribution in [2.45, 2.75) is 25.3 Å². The van der Waals surface area contributed by atoms with Crippen LogP contribution >= 0.6 is 10.3 Å². The van der Waals surface area contributed by atoms with Crippen LogP contribution in [0, 0.1) is 0 Å². The number of halogens is 3. The first kappa shape index (κ1) is 13.1. The topological polar surface area (TPSA) is 43.4 Å². The molecule has 92 valence electrons. The molecule has 0 spiro atoms. The standard InChI is InChI=1S/C7H13F3O3S2/c1-2-14(5-3-4-6-14)13-15(11,12)7(8,9)10/h2-6H2,1H3. The molecule has 0 bridgehead atoms. The van der Waals surface area contributed by atoms with Crippen molar-refractivity contribution < 1.29 is 25.2 Å². The lowest BCUT2D eigenvalue weighted by molar-refractivity contribution is -0.0496. The molecule has 15 heavy (non-hydrogen) atoms. The van der Waals surface area contributed by atoms with Gasteiger partial charge in [-0.05, 0) is 18.6 Å². The Morgan fingerprint density at radius 1 is 1.27 bits per heavy atom. The Morgan fingerprint density at radius 2 is 1.73 bits per heavy atom. The molecule has 1 aliphatic rings. The molecule has 0 aromatic heterocycles. The summed E-state index contributed by atoms with van der Waals surface area (Å²) in [7, 11) is -7.46. The fourth-order valence-corrected chi connectivity index (χ4v) is 6.47. The molecule has 1 heterocycles. The third-order valence-corrected chi connectivity index (χ3v) is 7.88. The maximum absolute atomic E-state index is 12.1. The van der Waals surface area contributed by atoms with Crippen molar-refractivity contribution in [1.82, 2.24) is 0 Å². The molecule has 0 aliphatic carbocycles. The lowest BCUT2D eigenvalue weighted by Gasteiger charge is -2.32. The maximum atomic E-state index is 12.1. The van der Waals surface area contributed by atoms with Crippen LogP contribution in [-0.2, 0) is 13.7 Å². The van der Waals surface area contributed by atoms with Crippen molar-refractivity contribution in [3.8, 4) is 0 Å². The van der Waals surface area contributed by atoms with Crippen LogP contribution < -0.4 is 0 Å². The Bertz CT molecular complexity index is 317. The fraction of sp³-hybridized carbons (Fsp3) is 1.00. The molecule has 1 saturated heterocycles. The SMILES string of the molecule is CCS1(OS(=O)(=O)C(F)(F)F)CCCC1. The zero-order chi connectivity index (χ0) is 11.7. The van der Waals surface area contributed by atoms with Crippen molar-refractivity contribution in [2.75, 3.05) is 17.3 Å². The molecule has 0 amide bonds. The predicted molar refractivity (Wildman–Crippen MR) is 53.2 cm³/mol. The summed E-state index contributed by atoms with van der Waals surface area (Å²) in [6.07, 6.45) is 1.49. The van der Waals surface area contributed by atoms with Gasteiger partial charge in [-0.25, -0.2) is 3.63 Å². The van der Waals surface area contributed by atoms with Gasteiger partial charge in [-0.3, -0.25) is 0 Å². The zero-order valence-electron chi connectivity index (χ0n) is 8.21. The highest BCUT2D eigenvalue weighted by molar-refractivity contribution is 8.33. The number of hydrogen-bond acceptors (Lipinski definition) is 3. The highest BCUT2D eigenvalue weighted by atomic mass is 32.3. The molecule has 0 atom stereocenters. The normalized spacial score (nSPS) is 24.0. The molecule has 1 fully saturated rings. The molecule has 8 heteroatoms. The van der Waals surface area contributed by atoms with Crippen LogP contribution in [0.2, 0.25) is 0 Å². The molecule has 0 radical (unpaired) electrons. The van der Waals surface area contributed by atoms with E-state index in [1.54, 1.807) is 6.92 Å². The van der Waals surface area contributed by atoms with E-state index in [9.17, 15) is 21.6 Å². The number of hydrogen-bond donors (Lipinski definition) is 0. The number of alkyl halides is 3. The summed E-state index contributed by atoms with van der Waals surface area (Å²) in [6.45, 7) is 1.67. The summed E-state index contributed by atoms with van der Waals surface area (Å²) in [6, 6.07) is 0. The molecule has 1 aliphatic heterocycles. The van der Waals surface area contributed by atoms with E-state index in [2.05, 4.69) is 3.63 Å². The quantitative estimate of drug-likeness (QED) is 0.737. The smallest absolute Gasteiger partial charge is 0.213 e. The molecule has 0 aromatic rings. The van der Waals surface area contributed by atoms with E-state index in [1.165, 1.54) is 0 Å². The second kappa shape index (κ2) is 4.14. The molecular formula is C7H13F3O3S2. The van der Waals surface area contributed by atoms with Crippen LogP contribution in [0.15, 0.2) is 0 Å². The Labute approximate surface area is 88.6 Å². The lowest BCUT2D eigenvalue weighted by atomic mass is 10.4. The third-order valence-electron chi connectivity index (χ3n) is 2.33. The van der Waals surface area contributed by atoms with Crippen LogP contribution in [0.1, 0.15) is 19.8 Å². The summed E-state index contributed by atoms with van der Waals surface area (Å²) < 4.78 is 62.4. The van der Waals surface area contributed by atoms with Gasteiger partial charge in [-0.2, -0.15) is 21.6 Å². The fourth-order valence-electron chi connectivity index (χ4n) is 1.47. The average Bonchev–Trinajstić information content (AvgIpc) is 2.51. The van der Waals surface area contributed by atoms with Gasteiger partial charge in [0.15, 0.2) is 0 Å². The van der Waals surface area contributed by atoms with Crippen molar-refractivity contribution in [2.24, 2.45) is 0 Å². The third kappa shape index (κ3) is 2.79. The maximum Gasteiger partial charge on any atom is 0.523 e. The Kier molecular flexibility index (Phi) is 3.62. The van der Waals surface area contributed by atoms with Crippen molar-refractivity contribution >= 4 is 20.4 Å². The predicted octanol–water partition coefficient (Wildman–Crippen LogP) is 2.39. The van der Waals surface area contributed by atoms with Gasteiger partial charge < -0.3 is 0 Å². The van der Waals surface area contributed by atoms with E-state index < -0.39 is 25.9 Å². The van der Waals surface area contributed by atoms with Gasteiger partial charge in [0.1, 0.15) is 0 Å². The minimum atomic E-state index is -5.41. The second-order valence-electron chi connectivity index (χ2n) is 3.34. The molecule has 0 N–H and O–H groups in total. The minimum Gasteiger partial charge on any atom is -0.213 e. The van der Waals surface area contributed by atoms with Crippen molar-refractivity contribution in [3.05, 3.63) is 0 Å². The van der Waals surface area contributed by atoms with Gasteiger partial charge in [0.25, 0.3) is 0 Å². The van der Waals surface area contributed by atoms with Crippen LogP contribution in [-0.4, -0.2) is 31.2 Å². The van der Waals surface area contributed by atoms with E-state index in [0.29, 0.717) is 17.3 Å². The molecule has 3 nitrogen and oxygen atoms in total. The minimum absolute atomic E-state index is 0.363. The van der Waals surface area contributed by atoms with Gasteiger partial charge in [-0.15, -0.1) is 10.3 Å². The second-order valence-corrected chi connectivity index (χ2v) is 8.58. The Balaban J connectivity index is 2.84.